The second-order valence-corrected chi connectivity index (χ2v) is 5.95. The maximum Gasteiger partial charge on any atom is 0.146 e. The van der Waals surface area contributed by atoms with Crippen molar-refractivity contribution in [1.29, 1.82) is 0 Å². The van der Waals surface area contributed by atoms with E-state index in [0.717, 1.165) is 8.96 Å². The summed E-state index contributed by atoms with van der Waals surface area (Å²) in [5.41, 5.74) is 12.3. The highest BCUT2D eigenvalue weighted by molar-refractivity contribution is 14.1. The van der Waals surface area contributed by atoms with Gasteiger partial charge in [0, 0.05) is 15.8 Å². The van der Waals surface area contributed by atoms with E-state index in [-0.39, 0.29) is 6.04 Å². The number of aromatic nitrogens is 3. The summed E-state index contributed by atoms with van der Waals surface area (Å²) >= 11 is 2.15. The van der Waals surface area contributed by atoms with Crippen molar-refractivity contribution >= 4 is 39.4 Å². The van der Waals surface area contributed by atoms with Crippen LogP contribution in [0, 0.1) is 3.57 Å². The lowest BCUT2D eigenvalue weighted by Crippen LogP contribution is -2.35. The van der Waals surface area contributed by atoms with Gasteiger partial charge in [-0.15, -0.1) is 0 Å². The van der Waals surface area contributed by atoms with Crippen LogP contribution in [0.25, 0.3) is 11.0 Å². The topological polar surface area (TPSA) is 123 Å². The van der Waals surface area contributed by atoms with Crippen LogP contribution in [-0.2, 0) is 0 Å². The Morgan fingerprint density at radius 3 is 2.68 bits per heavy atom. The van der Waals surface area contributed by atoms with Crippen molar-refractivity contribution in [2.75, 3.05) is 5.73 Å². The number of hydrogen-bond acceptors (Lipinski definition) is 6. The largest absolute Gasteiger partial charge is 0.389 e. The summed E-state index contributed by atoms with van der Waals surface area (Å²) in [5, 5.41) is 20.6. The summed E-state index contributed by atoms with van der Waals surface area (Å²) in [4.78, 5) is 8.19. The van der Waals surface area contributed by atoms with Gasteiger partial charge in [-0.25, -0.2) is 9.97 Å². The molecule has 6 N–H and O–H groups in total. The molecule has 0 aliphatic heterocycles. The van der Waals surface area contributed by atoms with Crippen LogP contribution in [0.2, 0.25) is 0 Å². The number of aliphatic hydroxyl groups excluding tert-OH is 2. The zero-order valence-corrected chi connectivity index (χ0v) is 12.1. The maximum absolute atomic E-state index is 10.1. The summed E-state index contributed by atoms with van der Waals surface area (Å²) in [6.07, 6.45) is 1.92. The van der Waals surface area contributed by atoms with Crippen molar-refractivity contribution in [3.05, 3.63) is 16.1 Å². The Morgan fingerprint density at radius 2 is 2.05 bits per heavy atom. The first-order valence-corrected chi connectivity index (χ1v) is 6.96. The molecule has 1 fully saturated rings. The van der Waals surface area contributed by atoms with Crippen LogP contribution >= 0.6 is 22.6 Å². The van der Waals surface area contributed by atoms with Gasteiger partial charge in [0.05, 0.1) is 17.5 Å². The second kappa shape index (κ2) is 4.54. The van der Waals surface area contributed by atoms with Gasteiger partial charge in [-0.1, -0.05) is 0 Å². The summed E-state index contributed by atoms with van der Waals surface area (Å²) in [7, 11) is 0. The molecule has 0 spiro atoms. The Balaban J connectivity index is 2.14. The maximum atomic E-state index is 10.1. The van der Waals surface area contributed by atoms with E-state index in [2.05, 4.69) is 32.6 Å². The van der Waals surface area contributed by atoms with E-state index in [1.165, 1.54) is 6.33 Å². The third kappa shape index (κ3) is 1.90. The van der Waals surface area contributed by atoms with Crippen LogP contribution in [0.5, 0.6) is 0 Å². The third-order valence-corrected chi connectivity index (χ3v) is 4.46. The molecule has 0 amide bonds. The minimum atomic E-state index is -0.917. The Kier molecular flexibility index (Phi) is 3.12. The van der Waals surface area contributed by atoms with Crippen molar-refractivity contribution in [3.63, 3.8) is 0 Å². The SMILES string of the molecule is Nc1ncnc2c1c(I)cn2C1CC(N)C(O)C1O. The molecule has 4 unspecified atom stereocenters. The zero-order valence-electron chi connectivity index (χ0n) is 9.94. The molecule has 1 aliphatic carbocycles. The van der Waals surface area contributed by atoms with E-state index in [1.54, 1.807) is 0 Å². The molecular formula is C11H14IN5O2. The first-order chi connectivity index (χ1) is 9.00. The molecule has 0 radical (unpaired) electrons. The third-order valence-electron chi connectivity index (χ3n) is 3.65. The fourth-order valence-corrected chi connectivity index (χ4v) is 3.45. The first kappa shape index (κ1) is 13.0. The molecule has 4 atom stereocenters. The van der Waals surface area contributed by atoms with Crippen LogP contribution in [0.4, 0.5) is 5.82 Å². The van der Waals surface area contributed by atoms with Gasteiger partial charge in [-0.2, -0.15) is 0 Å². The number of fused-ring (bicyclic) bond motifs is 1. The molecule has 8 heteroatoms. The molecule has 102 valence electrons. The van der Waals surface area contributed by atoms with E-state index < -0.39 is 18.2 Å². The van der Waals surface area contributed by atoms with Crippen LogP contribution < -0.4 is 11.5 Å². The van der Waals surface area contributed by atoms with Crippen molar-refractivity contribution in [2.45, 2.75) is 30.7 Å². The smallest absolute Gasteiger partial charge is 0.146 e. The number of aliphatic hydroxyl groups is 2. The normalized spacial score (nSPS) is 31.2. The fraction of sp³-hybridized carbons (Fsp3) is 0.455. The second-order valence-electron chi connectivity index (χ2n) is 4.79. The highest BCUT2D eigenvalue weighted by Gasteiger charge is 2.41. The summed E-state index contributed by atoms with van der Waals surface area (Å²) < 4.78 is 2.74. The van der Waals surface area contributed by atoms with Gasteiger partial charge >= 0.3 is 0 Å². The molecule has 0 saturated heterocycles. The fourth-order valence-electron chi connectivity index (χ4n) is 2.63. The number of hydrogen-bond donors (Lipinski definition) is 4. The van der Waals surface area contributed by atoms with Crippen LogP contribution in [-0.4, -0.2) is 43.0 Å². The van der Waals surface area contributed by atoms with Gasteiger partial charge in [0.2, 0.25) is 0 Å². The van der Waals surface area contributed by atoms with Gasteiger partial charge in [0.25, 0.3) is 0 Å². The minimum Gasteiger partial charge on any atom is -0.389 e. The molecule has 2 heterocycles. The van der Waals surface area contributed by atoms with E-state index in [4.69, 9.17) is 11.5 Å². The van der Waals surface area contributed by atoms with E-state index in [0.29, 0.717) is 17.9 Å². The van der Waals surface area contributed by atoms with Crippen LogP contribution in [0.15, 0.2) is 12.5 Å². The minimum absolute atomic E-state index is 0.301. The molecule has 2 aromatic heterocycles. The number of rotatable bonds is 1. The van der Waals surface area contributed by atoms with E-state index >= 15 is 0 Å². The molecule has 3 rings (SSSR count). The molecule has 0 bridgehead atoms. The number of halogens is 1. The van der Waals surface area contributed by atoms with E-state index in [9.17, 15) is 10.2 Å². The van der Waals surface area contributed by atoms with Crippen molar-refractivity contribution in [1.82, 2.24) is 14.5 Å². The molecule has 1 aliphatic rings. The lowest BCUT2D eigenvalue weighted by molar-refractivity contribution is 0.0187. The predicted octanol–water partition coefficient (Wildman–Crippen LogP) is -0.388. The molecular weight excluding hydrogens is 361 g/mol. The molecule has 19 heavy (non-hydrogen) atoms. The highest BCUT2D eigenvalue weighted by Crippen LogP contribution is 2.35. The predicted molar refractivity (Wildman–Crippen MR) is 78.3 cm³/mol. The monoisotopic (exact) mass is 375 g/mol. The average Bonchev–Trinajstić information content (AvgIpc) is 2.83. The molecule has 7 nitrogen and oxygen atoms in total. The van der Waals surface area contributed by atoms with Gasteiger partial charge < -0.3 is 26.2 Å². The summed E-state index contributed by atoms with van der Waals surface area (Å²) in [6, 6.07) is -0.736. The Bertz CT molecular complexity index is 631. The summed E-state index contributed by atoms with van der Waals surface area (Å²) in [6.45, 7) is 0. The Hall–Kier alpha value is -0.970. The van der Waals surface area contributed by atoms with Crippen LogP contribution in [0.3, 0.4) is 0 Å². The summed E-state index contributed by atoms with van der Waals surface area (Å²) in [5.74, 6) is 0.408. The van der Waals surface area contributed by atoms with Gasteiger partial charge in [-0.05, 0) is 29.0 Å². The Morgan fingerprint density at radius 1 is 1.32 bits per heavy atom. The van der Waals surface area contributed by atoms with Crippen molar-refractivity contribution < 1.29 is 10.2 Å². The number of nitrogen functional groups attached to an aromatic ring is 1. The molecule has 0 aromatic carbocycles. The number of nitrogens with zero attached hydrogens (tertiary/aromatic N) is 3. The van der Waals surface area contributed by atoms with E-state index in [1.807, 2.05) is 10.8 Å². The first-order valence-electron chi connectivity index (χ1n) is 5.89. The van der Waals surface area contributed by atoms with Crippen molar-refractivity contribution in [2.24, 2.45) is 5.73 Å². The number of anilines is 1. The van der Waals surface area contributed by atoms with Crippen molar-refractivity contribution in [3.8, 4) is 0 Å². The van der Waals surface area contributed by atoms with Gasteiger partial charge in [0.1, 0.15) is 23.9 Å². The lowest BCUT2D eigenvalue weighted by atomic mass is 10.2. The zero-order chi connectivity index (χ0) is 13.7. The molecule has 2 aromatic rings. The lowest BCUT2D eigenvalue weighted by Gasteiger charge is -2.18. The van der Waals surface area contributed by atoms with Gasteiger partial charge in [0.15, 0.2) is 0 Å². The van der Waals surface area contributed by atoms with Gasteiger partial charge in [-0.3, -0.25) is 0 Å². The molecule has 1 saturated carbocycles. The highest BCUT2D eigenvalue weighted by atomic mass is 127. The number of nitrogens with two attached hydrogens (primary N) is 2. The van der Waals surface area contributed by atoms with Crippen LogP contribution in [0.1, 0.15) is 12.5 Å². The Labute approximate surface area is 122 Å². The average molecular weight is 375 g/mol. The quantitative estimate of drug-likeness (QED) is 0.504. The standard InChI is InChI=1S/C11H14IN5O2/c12-4-2-17(6-1-5(13)8(18)9(6)19)11-7(4)10(14)15-3-16-11/h2-3,5-6,8-9,18-19H,1,13H2,(H2,14,15,16).